The first-order valence-corrected chi connectivity index (χ1v) is 13.9. The van der Waals surface area contributed by atoms with Gasteiger partial charge < -0.3 is 28.9 Å². The SMILES string of the molecule is CC(C=CC=[N+]([O-])C1C(C2COC(C)(C)O2)OC2OC(C)(C)OC21)=CC(C)=CC1=CC(C)(C)CCC1(C)C. The minimum atomic E-state index is -0.817. The van der Waals surface area contributed by atoms with Gasteiger partial charge in [0.15, 0.2) is 36.3 Å². The fraction of sp³-hybridized carbons (Fsp3) is 0.710. The molecule has 0 aromatic heterocycles. The highest BCUT2D eigenvalue weighted by Gasteiger charge is 2.62. The van der Waals surface area contributed by atoms with E-state index in [1.807, 2.05) is 40.7 Å². The molecule has 0 amide bonds. The Kier molecular flexibility index (Phi) is 7.94. The van der Waals surface area contributed by atoms with Gasteiger partial charge in [-0.05, 0) is 70.8 Å². The van der Waals surface area contributed by atoms with Gasteiger partial charge in [-0.2, -0.15) is 0 Å². The number of rotatable bonds is 6. The summed E-state index contributed by atoms with van der Waals surface area (Å²) in [6.07, 6.45) is 12.4. The highest BCUT2D eigenvalue weighted by Crippen LogP contribution is 2.45. The molecule has 0 spiro atoms. The van der Waals surface area contributed by atoms with Crippen LogP contribution in [-0.4, -0.2) is 59.8 Å². The quantitative estimate of drug-likeness (QED) is 0.134. The van der Waals surface area contributed by atoms with Gasteiger partial charge in [0.05, 0.1) is 6.61 Å². The van der Waals surface area contributed by atoms with E-state index >= 15 is 0 Å². The van der Waals surface area contributed by atoms with Crippen molar-refractivity contribution >= 4 is 6.21 Å². The maximum Gasteiger partial charge on any atom is 0.222 e. The van der Waals surface area contributed by atoms with Crippen molar-refractivity contribution in [3.8, 4) is 0 Å². The Hall–Kier alpha value is -1.77. The van der Waals surface area contributed by atoms with Crippen LogP contribution in [0.15, 0.2) is 47.1 Å². The third-order valence-electron chi connectivity index (χ3n) is 7.90. The Bertz CT molecular complexity index is 1060. The molecule has 0 N–H and O–H groups in total. The zero-order chi connectivity index (χ0) is 28.1. The Balaban J connectivity index is 1.49. The Morgan fingerprint density at radius 3 is 2.29 bits per heavy atom. The normalized spacial score (nSPS) is 36.5. The fourth-order valence-electron chi connectivity index (χ4n) is 5.77. The van der Waals surface area contributed by atoms with Gasteiger partial charge in [0.2, 0.25) is 6.04 Å². The monoisotopic (exact) mass is 529 g/mol. The fourth-order valence-corrected chi connectivity index (χ4v) is 5.77. The van der Waals surface area contributed by atoms with Gasteiger partial charge in [-0.3, -0.25) is 0 Å². The lowest BCUT2D eigenvalue weighted by Gasteiger charge is -2.38. The molecule has 3 fully saturated rings. The van der Waals surface area contributed by atoms with E-state index in [0.717, 1.165) is 10.3 Å². The highest BCUT2D eigenvalue weighted by molar-refractivity contribution is 5.67. The summed E-state index contributed by atoms with van der Waals surface area (Å²) in [6, 6.07) is -0.622. The summed E-state index contributed by atoms with van der Waals surface area (Å²) in [6.45, 7) is 21.1. The summed E-state index contributed by atoms with van der Waals surface area (Å²) in [5.41, 5.74) is 4.04. The zero-order valence-electron chi connectivity index (χ0n) is 24.9. The van der Waals surface area contributed by atoms with Crippen LogP contribution in [0, 0.1) is 16.0 Å². The second-order valence-corrected chi connectivity index (χ2v) is 13.5. The molecule has 4 rings (SSSR count). The highest BCUT2D eigenvalue weighted by atomic mass is 16.8. The summed E-state index contributed by atoms with van der Waals surface area (Å²) in [5, 5.41) is 13.4. The summed E-state index contributed by atoms with van der Waals surface area (Å²) < 4.78 is 30.8. The molecule has 7 nitrogen and oxygen atoms in total. The van der Waals surface area contributed by atoms with Crippen LogP contribution in [0.1, 0.15) is 82.1 Å². The van der Waals surface area contributed by atoms with Crippen molar-refractivity contribution in [2.45, 2.75) is 124 Å². The van der Waals surface area contributed by atoms with Crippen molar-refractivity contribution in [3.05, 3.63) is 52.3 Å². The van der Waals surface area contributed by atoms with Crippen molar-refractivity contribution in [2.24, 2.45) is 10.8 Å². The number of hydrogen-bond donors (Lipinski definition) is 0. The van der Waals surface area contributed by atoms with E-state index in [1.165, 1.54) is 30.2 Å². The Morgan fingerprint density at radius 1 is 0.921 bits per heavy atom. The molecular weight excluding hydrogens is 482 g/mol. The van der Waals surface area contributed by atoms with Gasteiger partial charge in [0, 0.05) is 6.08 Å². The number of hydroxylamine groups is 1. The molecule has 1 aliphatic carbocycles. The van der Waals surface area contributed by atoms with E-state index in [4.69, 9.17) is 23.7 Å². The molecule has 3 heterocycles. The van der Waals surface area contributed by atoms with Gasteiger partial charge >= 0.3 is 0 Å². The molecule has 0 aromatic carbocycles. The second-order valence-electron chi connectivity index (χ2n) is 13.5. The molecule has 3 aliphatic heterocycles. The van der Waals surface area contributed by atoms with E-state index in [-0.39, 0.29) is 16.9 Å². The number of fused-ring (bicyclic) bond motifs is 1. The van der Waals surface area contributed by atoms with Gasteiger partial charge in [-0.25, -0.2) is 4.74 Å². The molecule has 3 saturated heterocycles. The first kappa shape index (κ1) is 29.2. The van der Waals surface area contributed by atoms with Crippen molar-refractivity contribution in [2.75, 3.05) is 6.61 Å². The maximum absolute atomic E-state index is 13.4. The smallest absolute Gasteiger partial charge is 0.222 e. The summed E-state index contributed by atoms with van der Waals surface area (Å²) >= 11 is 0. The van der Waals surface area contributed by atoms with Gasteiger partial charge in [-0.15, -0.1) is 0 Å². The van der Waals surface area contributed by atoms with Crippen molar-refractivity contribution in [1.82, 2.24) is 0 Å². The first-order chi connectivity index (χ1) is 17.5. The van der Waals surface area contributed by atoms with Crippen molar-refractivity contribution in [3.63, 3.8) is 0 Å². The number of nitrogens with zero attached hydrogens (tertiary/aromatic N) is 1. The van der Waals surface area contributed by atoms with E-state index < -0.39 is 36.1 Å². The molecule has 5 atom stereocenters. The predicted molar refractivity (Wildman–Crippen MR) is 149 cm³/mol. The molecule has 4 aliphatic rings. The Labute approximate surface area is 228 Å². The van der Waals surface area contributed by atoms with E-state index in [9.17, 15) is 5.21 Å². The molecule has 5 unspecified atom stereocenters. The van der Waals surface area contributed by atoms with Crippen molar-refractivity contribution in [1.29, 1.82) is 0 Å². The van der Waals surface area contributed by atoms with Crippen LogP contribution in [0.2, 0.25) is 0 Å². The van der Waals surface area contributed by atoms with E-state index in [1.54, 1.807) is 6.08 Å². The van der Waals surface area contributed by atoms with Gasteiger partial charge in [0.1, 0.15) is 6.10 Å². The van der Waals surface area contributed by atoms with Crippen LogP contribution in [0.3, 0.4) is 0 Å². The molecule has 0 aromatic rings. The van der Waals surface area contributed by atoms with Crippen LogP contribution in [0.5, 0.6) is 0 Å². The van der Waals surface area contributed by atoms with Crippen LogP contribution in [0.25, 0.3) is 0 Å². The third-order valence-corrected chi connectivity index (χ3v) is 7.90. The molecule has 0 bridgehead atoms. The molecule has 0 radical (unpaired) electrons. The van der Waals surface area contributed by atoms with Gasteiger partial charge in [0.25, 0.3) is 0 Å². The average Bonchev–Trinajstić information content (AvgIpc) is 3.39. The standard InChI is InChI=1S/C31H47NO6/c1-20(16-21(2)17-22-18-28(3,4)13-14-29(22,5)6)12-11-15-32(33)24-25(23-19-34-30(7,8)36-23)35-27-26(24)37-31(9,10)38-27/h11-12,15-18,23-27H,13-14,19H2,1-10H3. The molecule has 212 valence electrons. The summed E-state index contributed by atoms with van der Waals surface area (Å²) in [7, 11) is 0. The summed E-state index contributed by atoms with van der Waals surface area (Å²) in [4.78, 5) is 0. The second kappa shape index (κ2) is 10.3. The topological polar surface area (TPSA) is 72.2 Å². The zero-order valence-corrected chi connectivity index (χ0v) is 24.9. The lowest BCUT2D eigenvalue weighted by Crippen LogP contribution is -2.47. The van der Waals surface area contributed by atoms with E-state index in [0.29, 0.717) is 6.61 Å². The number of hydrogen-bond acceptors (Lipinski definition) is 6. The van der Waals surface area contributed by atoms with E-state index in [2.05, 4.69) is 52.8 Å². The number of allylic oxidation sites excluding steroid dienone is 8. The number of ether oxygens (including phenoxy) is 5. The average molecular weight is 530 g/mol. The molecule has 38 heavy (non-hydrogen) atoms. The van der Waals surface area contributed by atoms with Crippen LogP contribution in [-0.2, 0) is 23.7 Å². The summed E-state index contributed by atoms with van der Waals surface area (Å²) in [5.74, 6) is -1.54. The van der Waals surface area contributed by atoms with Crippen molar-refractivity contribution < 1.29 is 28.4 Å². The lowest BCUT2D eigenvalue weighted by atomic mass is 9.67. The largest absolute Gasteiger partial charge is 0.623 e. The molecule has 0 saturated carbocycles. The first-order valence-electron chi connectivity index (χ1n) is 13.9. The Morgan fingerprint density at radius 2 is 1.63 bits per heavy atom. The minimum Gasteiger partial charge on any atom is -0.623 e. The van der Waals surface area contributed by atoms with Crippen LogP contribution >= 0.6 is 0 Å². The minimum absolute atomic E-state index is 0.173. The molecular formula is C31H47NO6. The maximum atomic E-state index is 13.4. The van der Waals surface area contributed by atoms with Crippen LogP contribution < -0.4 is 0 Å². The lowest BCUT2D eigenvalue weighted by molar-refractivity contribution is -0.516. The van der Waals surface area contributed by atoms with Gasteiger partial charge in [-0.1, -0.05) is 63.1 Å². The molecule has 7 heteroatoms. The van der Waals surface area contributed by atoms with Crippen LogP contribution in [0.4, 0.5) is 0 Å². The third kappa shape index (κ3) is 6.68. The predicted octanol–water partition coefficient (Wildman–Crippen LogP) is 6.19.